The second-order valence-electron chi connectivity index (χ2n) is 3.99. The van der Waals surface area contributed by atoms with Gasteiger partial charge in [0, 0.05) is 20.2 Å². The van der Waals surface area contributed by atoms with Crippen molar-refractivity contribution in [2.24, 2.45) is 0 Å². The maximum absolute atomic E-state index is 11.8. The van der Waals surface area contributed by atoms with Crippen molar-refractivity contribution in [3.8, 4) is 0 Å². The zero-order valence-corrected chi connectivity index (χ0v) is 9.67. The first-order valence-corrected chi connectivity index (χ1v) is 5.61. The Hall–Kier alpha value is -1.20. The lowest BCUT2D eigenvalue weighted by molar-refractivity contribution is 0.0872. The summed E-state index contributed by atoms with van der Waals surface area (Å²) in [6, 6.07) is 0. The number of ether oxygens (including phenoxy) is 1. The third-order valence-corrected chi connectivity index (χ3v) is 2.85. The van der Waals surface area contributed by atoms with Crippen LogP contribution in [-0.2, 0) is 17.8 Å². The highest BCUT2D eigenvalue weighted by Gasteiger charge is 2.20. The second-order valence-corrected chi connectivity index (χ2v) is 3.99. The molecule has 0 amide bonds. The summed E-state index contributed by atoms with van der Waals surface area (Å²) in [5, 5.41) is 3.12. The Kier molecular flexibility index (Phi) is 3.36. The molecule has 88 valence electrons. The molecule has 1 aromatic rings. The average molecular weight is 223 g/mol. The van der Waals surface area contributed by atoms with Crippen LogP contribution in [0.15, 0.2) is 4.79 Å². The monoisotopic (exact) mass is 223 g/mol. The summed E-state index contributed by atoms with van der Waals surface area (Å²) in [4.78, 5) is 19.0. The van der Waals surface area contributed by atoms with Gasteiger partial charge in [-0.3, -0.25) is 4.79 Å². The van der Waals surface area contributed by atoms with Crippen LogP contribution in [0.25, 0.3) is 0 Å². The van der Waals surface area contributed by atoms with E-state index in [1.807, 2.05) is 0 Å². The lowest BCUT2D eigenvalue weighted by Crippen LogP contribution is -2.20. The molecule has 2 rings (SSSR count). The van der Waals surface area contributed by atoms with Crippen molar-refractivity contribution in [3.05, 3.63) is 27.4 Å². The van der Waals surface area contributed by atoms with Gasteiger partial charge >= 0.3 is 0 Å². The van der Waals surface area contributed by atoms with E-state index in [2.05, 4.69) is 22.2 Å². The number of aromatic amines is 1. The number of hydrogen-bond acceptors (Lipinski definition) is 4. The predicted octanol–water partition coefficient (Wildman–Crippen LogP) is 0.861. The molecule has 0 bridgehead atoms. The number of aromatic nitrogens is 2. The van der Waals surface area contributed by atoms with E-state index in [1.54, 1.807) is 7.11 Å². The molecule has 0 aromatic carbocycles. The highest BCUT2D eigenvalue weighted by molar-refractivity contribution is 5.22. The van der Waals surface area contributed by atoms with Crippen LogP contribution in [0.5, 0.6) is 0 Å². The first-order chi connectivity index (χ1) is 7.76. The van der Waals surface area contributed by atoms with Crippen LogP contribution in [0.3, 0.4) is 0 Å². The van der Waals surface area contributed by atoms with Gasteiger partial charge < -0.3 is 15.0 Å². The van der Waals surface area contributed by atoms with Crippen LogP contribution in [0.4, 0.5) is 0 Å². The normalized spacial score (nSPS) is 16.1. The minimum atomic E-state index is -0.108. The van der Waals surface area contributed by atoms with Gasteiger partial charge in [-0.2, -0.15) is 0 Å². The fraction of sp³-hybridized carbons (Fsp3) is 0.636. The number of H-pyrrole nitrogens is 1. The molecule has 5 heteroatoms. The Bertz CT molecular complexity index is 428. The van der Waals surface area contributed by atoms with E-state index in [1.165, 1.54) is 0 Å². The number of methoxy groups -OCH3 is 1. The number of hydrogen-bond donors (Lipinski definition) is 2. The van der Waals surface area contributed by atoms with Gasteiger partial charge in [-0.25, -0.2) is 4.98 Å². The van der Waals surface area contributed by atoms with Crippen molar-refractivity contribution in [3.63, 3.8) is 0 Å². The molecular formula is C11H17N3O2. The SMILES string of the molecule is CCCC(OC)c1nc2c(c(=O)[nH]1)CNC2. The summed E-state index contributed by atoms with van der Waals surface area (Å²) in [7, 11) is 1.64. The minimum Gasteiger partial charge on any atom is -0.374 e. The Labute approximate surface area is 94.2 Å². The number of rotatable bonds is 4. The van der Waals surface area contributed by atoms with Gasteiger partial charge in [0.1, 0.15) is 11.9 Å². The predicted molar refractivity (Wildman–Crippen MR) is 60.1 cm³/mol. The van der Waals surface area contributed by atoms with E-state index in [0.29, 0.717) is 18.9 Å². The van der Waals surface area contributed by atoms with E-state index < -0.39 is 0 Å². The number of nitrogens with zero attached hydrogens (tertiary/aromatic N) is 1. The molecule has 2 heterocycles. The lowest BCUT2D eigenvalue weighted by Gasteiger charge is -2.13. The van der Waals surface area contributed by atoms with Gasteiger partial charge in [0.15, 0.2) is 0 Å². The van der Waals surface area contributed by atoms with Gasteiger partial charge in [-0.15, -0.1) is 0 Å². The van der Waals surface area contributed by atoms with E-state index in [0.717, 1.165) is 24.1 Å². The van der Waals surface area contributed by atoms with Crippen molar-refractivity contribution < 1.29 is 4.74 Å². The van der Waals surface area contributed by atoms with Crippen molar-refractivity contribution in [1.82, 2.24) is 15.3 Å². The van der Waals surface area contributed by atoms with Gasteiger partial charge in [-0.05, 0) is 6.42 Å². The van der Waals surface area contributed by atoms with E-state index in [4.69, 9.17) is 4.74 Å². The fourth-order valence-corrected chi connectivity index (χ4v) is 1.98. The zero-order valence-electron chi connectivity index (χ0n) is 9.67. The molecule has 0 saturated carbocycles. The third-order valence-electron chi connectivity index (χ3n) is 2.85. The molecule has 0 aliphatic carbocycles. The molecule has 0 spiro atoms. The van der Waals surface area contributed by atoms with Crippen LogP contribution in [0, 0.1) is 0 Å². The molecule has 1 aromatic heterocycles. The smallest absolute Gasteiger partial charge is 0.255 e. The molecule has 0 fully saturated rings. The Balaban J connectivity index is 2.35. The summed E-state index contributed by atoms with van der Waals surface area (Å²) in [6.07, 6.45) is 1.76. The van der Waals surface area contributed by atoms with Crippen molar-refractivity contribution >= 4 is 0 Å². The van der Waals surface area contributed by atoms with E-state index in [-0.39, 0.29) is 11.7 Å². The summed E-state index contributed by atoms with van der Waals surface area (Å²) in [6.45, 7) is 3.37. The fourth-order valence-electron chi connectivity index (χ4n) is 1.98. The molecule has 0 saturated heterocycles. The molecule has 5 nitrogen and oxygen atoms in total. The number of fused-ring (bicyclic) bond motifs is 1. The largest absolute Gasteiger partial charge is 0.374 e. The highest BCUT2D eigenvalue weighted by atomic mass is 16.5. The molecule has 1 atom stereocenters. The van der Waals surface area contributed by atoms with Crippen LogP contribution < -0.4 is 10.9 Å². The van der Waals surface area contributed by atoms with Gasteiger partial charge in [0.05, 0.1) is 11.3 Å². The first kappa shape index (κ1) is 11.3. The van der Waals surface area contributed by atoms with E-state index in [9.17, 15) is 4.79 Å². The minimum absolute atomic E-state index is 0.0387. The Morgan fingerprint density at radius 1 is 1.50 bits per heavy atom. The molecule has 16 heavy (non-hydrogen) atoms. The molecule has 1 unspecified atom stereocenters. The first-order valence-electron chi connectivity index (χ1n) is 5.61. The zero-order chi connectivity index (χ0) is 11.5. The molecule has 0 radical (unpaired) electrons. The van der Waals surface area contributed by atoms with Crippen LogP contribution in [0.2, 0.25) is 0 Å². The van der Waals surface area contributed by atoms with Crippen molar-refractivity contribution in [1.29, 1.82) is 0 Å². The quantitative estimate of drug-likeness (QED) is 0.794. The highest BCUT2D eigenvalue weighted by Crippen LogP contribution is 2.19. The molecule has 2 N–H and O–H groups in total. The molecular weight excluding hydrogens is 206 g/mol. The summed E-state index contributed by atoms with van der Waals surface area (Å²) >= 11 is 0. The van der Waals surface area contributed by atoms with Gasteiger partial charge in [0.2, 0.25) is 0 Å². The Morgan fingerprint density at radius 2 is 2.31 bits per heavy atom. The van der Waals surface area contributed by atoms with Crippen molar-refractivity contribution in [2.75, 3.05) is 7.11 Å². The summed E-state index contributed by atoms with van der Waals surface area (Å²) < 4.78 is 5.34. The van der Waals surface area contributed by atoms with Gasteiger partial charge in [-0.1, -0.05) is 13.3 Å². The van der Waals surface area contributed by atoms with Crippen LogP contribution in [-0.4, -0.2) is 17.1 Å². The Morgan fingerprint density at radius 3 is 3.00 bits per heavy atom. The maximum Gasteiger partial charge on any atom is 0.255 e. The summed E-state index contributed by atoms with van der Waals surface area (Å²) in [5.74, 6) is 0.650. The molecule has 1 aliphatic heterocycles. The lowest BCUT2D eigenvalue weighted by atomic mass is 10.2. The third kappa shape index (κ3) is 2.01. The topological polar surface area (TPSA) is 67.0 Å². The molecule has 1 aliphatic rings. The van der Waals surface area contributed by atoms with Crippen LogP contribution >= 0.6 is 0 Å². The maximum atomic E-state index is 11.8. The number of nitrogens with one attached hydrogen (secondary N) is 2. The van der Waals surface area contributed by atoms with E-state index >= 15 is 0 Å². The second kappa shape index (κ2) is 4.76. The van der Waals surface area contributed by atoms with Gasteiger partial charge in [0.25, 0.3) is 5.56 Å². The summed E-state index contributed by atoms with van der Waals surface area (Å²) in [5.41, 5.74) is 1.58. The van der Waals surface area contributed by atoms with Crippen molar-refractivity contribution in [2.45, 2.75) is 39.0 Å². The standard InChI is InChI=1S/C11H17N3O2/c1-3-4-9(16-2)10-13-8-6-12-5-7(8)11(15)14-10/h9,12H,3-6H2,1-2H3,(H,13,14,15). The average Bonchev–Trinajstić information content (AvgIpc) is 2.74. The van der Waals surface area contributed by atoms with Crippen LogP contribution in [0.1, 0.15) is 43.0 Å².